The molecule has 1 aliphatic carbocycles. The van der Waals surface area contributed by atoms with Crippen molar-refractivity contribution in [2.45, 2.75) is 18.3 Å². The van der Waals surface area contributed by atoms with Gasteiger partial charge in [0.05, 0.1) is 13.0 Å². The van der Waals surface area contributed by atoms with Crippen LogP contribution in [-0.2, 0) is 4.79 Å². The van der Waals surface area contributed by atoms with Gasteiger partial charge in [-0.2, -0.15) is 0 Å². The Kier molecular flexibility index (Phi) is 4.78. The number of allylic oxidation sites excluding steroid dienone is 2. The summed E-state index contributed by atoms with van der Waals surface area (Å²) in [7, 11) is 1.66. The van der Waals surface area contributed by atoms with E-state index in [-0.39, 0.29) is 30.3 Å². The highest BCUT2D eigenvalue weighted by Crippen LogP contribution is 2.51. The largest absolute Gasteiger partial charge is 0.497 e. The van der Waals surface area contributed by atoms with E-state index in [9.17, 15) is 4.79 Å². The molecule has 0 aromatic heterocycles. The minimum absolute atomic E-state index is 0.0153. The van der Waals surface area contributed by atoms with Gasteiger partial charge >= 0.3 is 0 Å². The molecular weight excluding hydrogens is 450 g/mol. The standard InChI is InChI=1S/C31H25NO4/c1-34-22-10-6-18(7-11-22)21-14-25-31(26(33)15-21)29(20-9-13-27-28(16-20)36-17-35-27)30-23-5-3-2-4-19(23)8-12-24(30)32-25/h2-14,16,21,29,31-32H,15,17H2,1H3. The third-order valence-corrected chi connectivity index (χ3v) is 7.68. The van der Waals surface area contributed by atoms with Crippen molar-refractivity contribution in [3.63, 3.8) is 0 Å². The first-order chi connectivity index (χ1) is 17.7. The summed E-state index contributed by atoms with van der Waals surface area (Å²) in [6, 6.07) is 26.8. The van der Waals surface area contributed by atoms with Gasteiger partial charge in [0.2, 0.25) is 6.79 Å². The number of carbonyl (C=O) groups is 1. The van der Waals surface area contributed by atoms with Crippen LogP contribution in [0.2, 0.25) is 0 Å². The number of Topliss-reactive ketones (excluding diaryl/α,β-unsaturated/α-hetero) is 1. The molecule has 4 aromatic carbocycles. The highest BCUT2D eigenvalue weighted by Gasteiger charge is 2.43. The van der Waals surface area contributed by atoms with E-state index < -0.39 is 0 Å². The van der Waals surface area contributed by atoms with Gasteiger partial charge in [-0.15, -0.1) is 0 Å². The Morgan fingerprint density at radius 1 is 0.861 bits per heavy atom. The molecule has 0 saturated heterocycles. The van der Waals surface area contributed by atoms with Crippen LogP contribution in [0.5, 0.6) is 17.2 Å². The van der Waals surface area contributed by atoms with Crippen molar-refractivity contribution in [3.05, 3.63) is 107 Å². The number of carbonyl (C=O) groups excluding carboxylic acids is 1. The molecule has 0 bridgehead atoms. The van der Waals surface area contributed by atoms with Crippen LogP contribution in [0.4, 0.5) is 5.69 Å². The summed E-state index contributed by atoms with van der Waals surface area (Å²) in [4.78, 5) is 13.9. The summed E-state index contributed by atoms with van der Waals surface area (Å²) in [6.45, 7) is 0.224. The third-order valence-electron chi connectivity index (χ3n) is 7.68. The van der Waals surface area contributed by atoms with Crippen LogP contribution >= 0.6 is 0 Å². The van der Waals surface area contributed by atoms with Gasteiger partial charge in [-0.3, -0.25) is 4.79 Å². The van der Waals surface area contributed by atoms with Gasteiger partial charge < -0.3 is 19.5 Å². The van der Waals surface area contributed by atoms with Crippen molar-refractivity contribution in [3.8, 4) is 17.2 Å². The summed E-state index contributed by atoms with van der Waals surface area (Å²) < 4.78 is 16.6. The Morgan fingerprint density at radius 3 is 2.53 bits per heavy atom. The number of hydrogen-bond acceptors (Lipinski definition) is 5. The molecule has 5 nitrogen and oxygen atoms in total. The van der Waals surface area contributed by atoms with Crippen LogP contribution in [0.3, 0.4) is 0 Å². The van der Waals surface area contributed by atoms with E-state index in [0.29, 0.717) is 6.42 Å². The Bertz CT molecular complexity index is 1540. The Morgan fingerprint density at radius 2 is 1.67 bits per heavy atom. The normalized spacial score (nSPS) is 21.9. The molecule has 36 heavy (non-hydrogen) atoms. The molecule has 2 aliphatic heterocycles. The predicted octanol–water partition coefficient (Wildman–Crippen LogP) is 6.39. The molecule has 5 heteroatoms. The highest BCUT2D eigenvalue weighted by atomic mass is 16.7. The zero-order valence-electron chi connectivity index (χ0n) is 19.9. The second-order valence-electron chi connectivity index (χ2n) is 9.61. The first-order valence-corrected chi connectivity index (χ1v) is 12.3. The number of ether oxygens (including phenoxy) is 3. The lowest BCUT2D eigenvalue weighted by atomic mass is 9.68. The SMILES string of the molecule is COc1ccc(C2C=C3Nc4ccc5ccccc5c4C(c4ccc5c(c4)OCO5)C3C(=O)C2)cc1. The maximum Gasteiger partial charge on any atom is 0.231 e. The monoisotopic (exact) mass is 475 g/mol. The molecule has 3 unspecified atom stereocenters. The highest BCUT2D eigenvalue weighted by molar-refractivity contribution is 5.97. The summed E-state index contributed by atoms with van der Waals surface area (Å²) >= 11 is 0. The average Bonchev–Trinajstić information content (AvgIpc) is 3.40. The molecule has 178 valence electrons. The topological polar surface area (TPSA) is 56.8 Å². The van der Waals surface area contributed by atoms with Crippen LogP contribution in [-0.4, -0.2) is 19.7 Å². The lowest BCUT2D eigenvalue weighted by Crippen LogP contribution is -2.36. The molecule has 0 fully saturated rings. The molecule has 0 saturated carbocycles. The fourth-order valence-electron chi connectivity index (χ4n) is 5.97. The zero-order valence-corrected chi connectivity index (χ0v) is 19.9. The summed E-state index contributed by atoms with van der Waals surface area (Å²) in [5.74, 6) is 2.12. The van der Waals surface area contributed by atoms with Gasteiger partial charge in [-0.25, -0.2) is 0 Å². The lowest BCUT2D eigenvalue weighted by molar-refractivity contribution is -0.122. The predicted molar refractivity (Wildman–Crippen MR) is 139 cm³/mol. The van der Waals surface area contributed by atoms with Gasteiger partial charge in [-0.05, 0) is 57.8 Å². The van der Waals surface area contributed by atoms with Gasteiger partial charge in [0.1, 0.15) is 11.5 Å². The van der Waals surface area contributed by atoms with Crippen LogP contribution in [0.15, 0.2) is 90.6 Å². The first-order valence-electron chi connectivity index (χ1n) is 12.3. The second kappa shape index (κ2) is 8.16. The van der Waals surface area contributed by atoms with Gasteiger partial charge in [0.25, 0.3) is 0 Å². The van der Waals surface area contributed by atoms with Gasteiger partial charge in [0, 0.05) is 29.6 Å². The summed E-state index contributed by atoms with van der Waals surface area (Å²) in [6.07, 6.45) is 2.70. The van der Waals surface area contributed by atoms with E-state index in [1.54, 1.807) is 7.11 Å². The first kappa shape index (κ1) is 21.1. The molecule has 7 rings (SSSR count). The molecular formula is C31H25NO4. The van der Waals surface area contributed by atoms with E-state index in [2.05, 4.69) is 53.9 Å². The van der Waals surface area contributed by atoms with Crippen molar-refractivity contribution in [1.29, 1.82) is 0 Å². The molecule has 3 atom stereocenters. The van der Waals surface area contributed by atoms with E-state index in [0.717, 1.165) is 56.1 Å². The second-order valence-corrected chi connectivity index (χ2v) is 9.61. The van der Waals surface area contributed by atoms with Gasteiger partial charge in [-0.1, -0.05) is 54.6 Å². The number of hydrogen-bond donors (Lipinski definition) is 1. The smallest absolute Gasteiger partial charge is 0.231 e. The van der Waals surface area contributed by atoms with E-state index in [1.165, 1.54) is 0 Å². The number of nitrogens with one attached hydrogen (secondary N) is 1. The average molecular weight is 476 g/mol. The third kappa shape index (κ3) is 3.27. The number of ketones is 1. The minimum Gasteiger partial charge on any atom is -0.497 e. The summed E-state index contributed by atoms with van der Waals surface area (Å²) in [5, 5.41) is 5.98. The molecule has 0 radical (unpaired) electrons. The van der Waals surface area contributed by atoms with Crippen molar-refractivity contribution in [2.24, 2.45) is 5.92 Å². The summed E-state index contributed by atoms with van der Waals surface area (Å²) in [5.41, 5.74) is 5.34. The lowest BCUT2D eigenvalue weighted by Gasteiger charge is -2.40. The minimum atomic E-state index is -0.293. The number of rotatable bonds is 3. The van der Waals surface area contributed by atoms with Crippen molar-refractivity contribution in [2.75, 3.05) is 19.2 Å². The number of fused-ring (bicyclic) bond motifs is 5. The molecule has 2 heterocycles. The van der Waals surface area contributed by atoms with Gasteiger partial charge in [0.15, 0.2) is 11.5 Å². The van der Waals surface area contributed by atoms with Crippen molar-refractivity contribution >= 4 is 22.2 Å². The fraction of sp³-hybridized carbons (Fsp3) is 0.194. The molecule has 4 aromatic rings. The molecule has 1 N–H and O–H groups in total. The zero-order chi connectivity index (χ0) is 24.2. The van der Waals surface area contributed by atoms with E-state index in [1.807, 2.05) is 36.4 Å². The number of benzene rings is 4. The Balaban J connectivity index is 1.40. The Hall–Kier alpha value is -4.25. The van der Waals surface area contributed by atoms with Crippen molar-refractivity contribution < 1.29 is 19.0 Å². The number of anilines is 1. The number of methoxy groups -OCH3 is 1. The quantitative estimate of drug-likeness (QED) is 0.372. The molecule has 0 spiro atoms. The van der Waals surface area contributed by atoms with Crippen LogP contribution in [0.1, 0.15) is 34.9 Å². The fourth-order valence-corrected chi connectivity index (χ4v) is 5.97. The van der Waals surface area contributed by atoms with E-state index in [4.69, 9.17) is 14.2 Å². The maximum atomic E-state index is 13.9. The van der Waals surface area contributed by atoms with Crippen LogP contribution < -0.4 is 19.5 Å². The van der Waals surface area contributed by atoms with Crippen LogP contribution in [0.25, 0.3) is 10.8 Å². The molecule has 3 aliphatic rings. The molecule has 0 amide bonds. The Labute approximate surface area is 209 Å². The van der Waals surface area contributed by atoms with E-state index >= 15 is 0 Å². The van der Waals surface area contributed by atoms with Crippen molar-refractivity contribution in [1.82, 2.24) is 0 Å². The van der Waals surface area contributed by atoms with Crippen LogP contribution in [0, 0.1) is 5.92 Å². The maximum absolute atomic E-state index is 13.9.